The Labute approximate surface area is 270 Å². The Hall–Kier alpha value is -4.24. The summed E-state index contributed by atoms with van der Waals surface area (Å²) in [5.74, 6) is 0.642. The number of aryl methyl sites for hydroxylation is 1. The second-order valence-electron chi connectivity index (χ2n) is 12.5. The number of hydrogen-bond donors (Lipinski definition) is 2. The number of nitriles is 1. The Morgan fingerprint density at radius 3 is 2.76 bits per heavy atom. The third-order valence-corrected chi connectivity index (χ3v) is 9.58. The first-order valence-corrected chi connectivity index (χ1v) is 16.2. The molecule has 4 heterocycles. The fraction of sp³-hybridized carbons (Fsp3) is 0.486. The zero-order valence-electron chi connectivity index (χ0n) is 26.5. The third kappa shape index (κ3) is 6.51. The molecule has 2 saturated heterocycles. The minimum absolute atomic E-state index is 0.0907. The second kappa shape index (κ2) is 14.0. The number of carbonyl (C=O) groups excluding carboxylic acids is 1. The van der Waals surface area contributed by atoms with Crippen molar-refractivity contribution in [2.24, 2.45) is 0 Å². The van der Waals surface area contributed by atoms with Crippen LogP contribution in [0.25, 0.3) is 10.8 Å². The number of β-amino-alcohol motifs (C(OH)–C–C–N with tert-alkyl or cyclic N) is 1. The molecule has 46 heavy (non-hydrogen) atoms. The largest absolute Gasteiger partial charge is 0.462 e. The molecule has 0 bridgehead atoms. The van der Waals surface area contributed by atoms with Gasteiger partial charge in [0.2, 0.25) is 5.91 Å². The van der Waals surface area contributed by atoms with Gasteiger partial charge in [0, 0.05) is 55.4 Å². The Morgan fingerprint density at radius 2 is 1.98 bits per heavy atom. The summed E-state index contributed by atoms with van der Waals surface area (Å²) in [5.41, 5.74) is 4.40. The molecule has 0 spiro atoms. The molecule has 3 aromatic rings. The van der Waals surface area contributed by atoms with Crippen LogP contribution >= 0.6 is 0 Å². The van der Waals surface area contributed by atoms with Crippen molar-refractivity contribution in [2.75, 3.05) is 62.3 Å². The van der Waals surface area contributed by atoms with Crippen molar-refractivity contribution in [3.63, 3.8) is 0 Å². The van der Waals surface area contributed by atoms with E-state index in [0.29, 0.717) is 45.3 Å². The summed E-state index contributed by atoms with van der Waals surface area (Å²) in [4.78, 5) is 31.0. The maximum Gasteiger partial charge on any atom is 0.318 e. The van der Waals surface area contributed by atoms with E-state index < -0.39 is 6.10 Å². The van der Waals surface area contributed by atoms with Crippen molar-refractivity contribution in [1.82, 2.24) is 19.8 Å². The summed E-state index contributed by atoms with van der Waals surface area (Å²) < 4.78 is 6.33. The van der Waals surface area contributed by atoms with E-state index in [9.17, 15) is 20.3 Å². The molecule has 3 aliphatic heterocycles. The number of aliphatic hydroxyl groups excluding tert-OH is 2. The first kappa shape index (κ1) is 31.7. The smallest absolute Gasteiger partial charge is 0.318 e. The molecule has 242 valence electrons. The van der Waals surface area contributed by atoms with E-state index in [2.05, 4.69) is 70.7 Å². The predicted octanol–water partition coefficient (Wildman–Crippen LogP) is 2.81. The number of amides is 1. The van der Waals surface area contributed by atoms with Gasteiger partial charge in [-0.15, -0.1) is 0 Å². The van der Waals surface area contributed by atoms with E-state index in [-0.39, 0.29) is 31.0 Å². The fourth-order valence-electron chi connectivity index (χ4n) is 7.25. The van der Waals surface area contributed by atoms with Crippen LogP contribution in [0.15, 0.2) is 49.1 Å². The zero-order valence-corrected chi connectivity index (χ0v) is 26.5. The molecule has 3 aliphatic rings. The molecule has 2 fully saturated rings. The number of piperazine rings is 1. The van der Waals surface area contributed by atoms with Crippen molar-refractivity contribution in [1.29, 1.82) is 5.26 Å². The molecule has 0 radical (unpaired) electrons. The van der Waals surface area contributed by atoms with Gasteiger partial charge in [0.1, 0.15) is 12.4 Å². The van der Waals surface area contributed by atoms with Gasteiger partial charge in [0.15, 0.2) is 0 Å². The normalized spacial score (nSPS) is 20.8. The van der Waals surface area contributed by atoms with Crippen LogP contribution in [0, 0.1) is 18.3 Å². The van der Waals surface area contributed by atoms with E-state index in [1.54, 1.807) is 4.90 Å². The molecule has 1 aromatic heterocycles. The Kier molecular flexibility index (Phi) is 9.68. The number of carbonyl (C=O) groups is 1. The lowest BCUT2D eigenvalue weighted by molar-refractivity contribution is -0.128. The van der Waals surface area contributed by atoms with Gasteiger partial charge in [-0.25, -0.2) is 0 Å². The van der Waals surface area contributed by atoms with E-state index >= 15 is 0 Å². The standard InChI is InChI=1S/C35H43N7O4/c1-3-32(45)42-18-17-41(19-26(42)12-14-36)34-29-13-16-40(31-11-5-9-25-8-4-7-24(2)33(25)31)21-30(29)37-35(38-34)46-23-27-10-6-15-39(27)20-28(44)22-43/h3-5,7-9,11,26-28,43-44H,1,6,10,12-13,15-23H2,2H3/t26-,27-,28?/m0/s1. The number of hydrogen-bond acceptors (Lipinski definition) is 10. The molecule has 0 saturated carbocycles. The first-order chi connectivity index (χ1) is 22.4. The average Bonchev–Trinajstić information content (AvgIpc) is 3.52. The lowest BCUT2D eigenvalue weighted by atomic mass is 9.99. The molecule has 0 aliphatic carbocycles. The molecule has 11 nitrogen and oxygen atoms in total. The van der Waals surface area contributed by atoms with Gasteiger partial charge in [-0.2, -0.15) is 15.2 Å². The highest BCUT2D eigenvalue weighted by Crippen LogP contribution is 2.36. The van der Waals surface area contributed by atoms with Gasteiger partial charge < -0.3 is 29.6 Å². The molecule has 2 N–H and O–H groups in total. The van der Waals surface area contributed by atoms with Crippen LogP contribution in [0.2, 0.25) is 0 Å². The lowest BCUT2D eigenvalue weighted by Crippen LogP contribution is -2.55. The van der Waals surface area contributed by atoms with Gasteiger partial charge in [-0.3, -0.25) is 9.69 Å². The zero-order chi connectivity index (χ0) is 32.2. The van der Waals surface area contributed by atoms with Crippen LogP contribution in [-0.4, -0.2) is 107 Å². The number of likely N-dealkylation sites (tertiary alicyclic amines) is 1. The molecule has 3 atom stereocenters. The van der Waals surface area contributed by atoms with E-state index in [0.717, 1.165) is 49.4 Å². The summed E-state index contributed by atoms with van der Waals surface area (Å²) in [5, 5.41) is 31.4. The highest BCUT2D eigenvalue weighted by Gasteiger charge is 2.34. The predicted molar refractivity (Wildman–Crippen MR) is 177 cm³/mol. The first-order valence-electron chi connectivity index (χ1n) is 16.2. The second-order valence-corrected chi connectivity index (χ2v) is 12.5. The molecule has 1 amide bonds. The molecule has 11 heteroatoms. The SMILES string of the molecule is C=CC(=O)N1CCN(c2nc(OC[C@@H]3CCCN3CC(O)CO)nc3c2CCN(c2cccc4cccc(C)c24)C3)C[C@@H]1CC#N. The fourth-order valence-corrected chi connectivity index (χ4v) is 7.25. The van der Waals surface area contributed by atoms with Gasteiger partial charge in [0.25, 0.3) is 0 Å². The highest BCUT2D eigenvalue weighted by molar-refractivity contribution is 5.97. The van der Waals surface area contributed by atoms with Crippen molar-refractivity contribution in [3.05, 3.63) is 65.9 Å². The number of fused-ring (bicyclic) bond motifs is 2. The van der Waals surface area contributed by atoms with Crippen LogP contribution in [-0.2, 0) is 17.8 Å². The minimum Gasteiger partial charge on any atom is -0.462 e. The number of nitrogens with zero attached hydrogens (tertiary/aromatic N) is 7. The molecular formula is C35H43N7O4. The molecule has 6 rings (SSSR count). The maximum absolute atomic E-state index is 12.6. The van der Waals surface area contributed by atoms with Gasteiger partial charge >= 0.3 is 6.01 Å². The quantitative estimate of drug-likeness (QED) is 0.325. The minimum atomic E-state index is -0.788. The van der Waals surface area contributed by atoms with Crippen molar-refractivity contribution >= 4 is 28.2 Å². The number of anilines is 2. The van der Waals surface area contributed by atoms with Crippen LogP contribution < -0.4 is 14.5 Å². The van der Waals surface area contributed by atoms with Crippen LogP contribution in [0.5, 0.6) is 6.01 Å². The number of rotatable bonds is 10. The Balaban J connectivity index is 1.31. The van der Waals surface area contributed by atoms with E-state index in [4.69, 9.17) is 14.7 Å². The Morgan fingerprint density at radius 1 is 1.15 bits per heavy atom. The number of aromatic nitrogens is 2. The summed E-state index contributed by atoms with van der Waals surface area (Å²) in [6.45, 7) is 10.1. The number of ether oxygens (including phenoxy) is 1. The van der Waals surface area contributed by atoms with Crippen LogP contribution in [0.1, 0.15) is 36.1 Å². The molecule has 2 aromatic carbocycles. The van der Waals surface area contributed by atoms with Crippen LogP contribution in [0.3, 0.4) is 0 Å². The van der Waals surface area contributed by atoms with Crippen molar-refractivity contribution < 1.29 is 19.7 Å². The van der Waals surface area contributed by atoms with Crippen molar-refractivity contribution in [2.45, 2.75) is 57.3 Å². The van der Waals surface area contributed by atoms with Gasteiger partial charge in [0.05, 0.1) is 43.5 Å². The molecule has 1 unspecified atom stereocenters. The summed E-state index contributed by atoms with van der Waals surface area (Å²) >= 11 is 0. The number of aliphatic hydroxyl groups is 2. The monoisotopic (exact) mass is 625 g/mol. The Bertz CT molecular complexity index is 1620. The lowest BCUT2D eigenvalue weighted by Gasteiger charge is -2.42. The maximum atomic E-state index is 12.6. The molecular weight excluding hydrogens is 582 g/mol. The van der Waals surface area contributed by atoms with E-state index in [1.165, 1.54) is 28.1 Å². The van der Waals surface area contributed by atoms with E-state index in [1.807, 2.05) is 0 Å². The third-order valence-electron chi connectivity index (χ3n) is 9.58. The van der Waals surface area contributed by atoms with Crippen LogP contribution in [0.4, 0.5) is 11.5 Å². The average molecular weight is 626 g/mol. The van der Waals surface area contributed by atoms with Crippen molar-refractivity contribution in [3.8, 4) is 12.1 Å². The summed E-state index contributed by atoms with van der Waals surface area (Å²) in [7, 11) is 0. The topological polar surface area (TPSA) is 129 Å². The summed E-state index contributed by atoms with van der Waals surface area (Å²) in [6, 6.07) is 15.2. The van der Waals surface area contributed by atoms with Gasteiger partial charge in [-0.05, 0) is 55.8 Å². The number of benzene rings is 2. The highest BCUT2D eigenvalue weighted by atomic mass is 16.5. The van der Waals surface area contributed by atoms with Gasteiger partial charge in [-0.1, -0.05) is 36.9 Å². The summed E-state index contributed by atoms with van der Waals surface area (Å²) in [6.07, 6.45) is 3.42.